The van der Waals surface area contributed by atoms with Gasteiger partial charge in [-0.15, -0.1) is 0 Å². The lowest BCUT2D eigenvalue weighted by atomic mass is 10.1. The van der Waals surface area contributed by atoms with Crippen molar-refractivity contribution in [2.45, 2.75) is 6.92 Å². The van der Waals surface area contributed by atoms with Gasteiger partial charge in [0.25, 0.3) is 11.6 Å². The molecule has 0 atom stereocenters. The van der Waals surface area contributed by atoms with Crippen molar-refractivity contribution in [3.05, 3.63) is 39.2 Å². The van der Waals surface area contributed by atoms with Crippen LogP contribution in [0.5, 0.6) is 0 Å². The van der Waals surface area contributed by atoms with Gasteiger partial charge in [0.05, 0.1) is 17.1 Å². The van der Waals surface area contributed by atoms with Gasteiger partial charge in [-0.1, -0.05) is 0 Å². The number of hydrogen-bond donors (Lipinski definition) is 0. The van der Waals surface area contributed by atoms with Crippen LogP contribution in [-0.2, 0) is 4.74 Å². The number of benzene rings is 1. The van der Waals surface area contributed by atoms with Gasteiger partial charge in [-0.05, 0) is 12.5 Å². The van der Waals surface area contributed by atoms with Crippen LogP contribution in [0.1, 0.15) is 15.9 Å². The average molecular weight is 270 g/mol. The molecule has 0 N–H and O–H groups in total. The minimum atomic E-state index is -0.736. The minimum absolute atomic E-state index is 0.0673. The molecule has 0 fully saturated rings. The largest absolute Gasteiger partial charge is 0.383 e. The molecule has 0 heterocycles. The summed E-state index contributed by atoms with van der Waals surface area (Å²) in [6.07, 6.45) is 0. The lowest BCUT2D eigenvalue weighted by Gasteiger charge is -2.17. The highest BCUT2D eigenvalue weighted by atomic mass is 19.1. The first kappa shape index (κ1) is 15.0. The summed E-state index contributed by atoms with van der Waals surface area (Å²) in [5.41, 5.74) is -0.537. The number of nitro groups is 1. The van der Waals surface area contributed by atoms with E-state index in [1.807, 2.05) is 0 Å². The fraction of sp³-hybridized carbons (Fsp3) is 0.417. The molecule has 0 unspecified atom stereocenters. The van der Waals surface area contributed by atoms with Crippen LogP contribution < -0.4 is 0 Å². The molecule has 104 valence electrons. The normalized spacial score (nSPS) is 10.3. The van der Waals surface area contributed by atoms with Crippen molar-refractivity contribution in [2.75, 3.05) is 27.3 Å². The van der Waals surface area contributed by atoms with Crippen molar-refractivity contribution in [1.29, 1.82) is 0 Å². The van der Waals surface area contributed by atoms with Gasteiger partial charge in [0.1, 0.15) is 5.82 Å². The monoisotopic (exact) mass is 270 g/mol. The molecule has 0 saturated carbocycles. The number of nitro benzene ring substituents is 1. The molecule has 1 aromatic carbocycles. The van der Waals surface area contributed by atoms with Crippen molar-refractivity contribution in [1.82, 2.24) is 4.90 Å². The summed E-state index contributed by atoms with van der Waals surface area (Å²) in [5.74, 6) is -1.35. The number of nitrogens with zero attached hydrogens (tertiary/aromatic N) is 2. The number of rotatable bonds is 5. The van der Waals surface area contributed by atoms with Crippen molar-refractivity contribution >= 4 is 11.6 Å². The summed E-state index contributed by atoms with van der Waals surface area (Å²) in [6.45, 7) is 1.96. The van der Waals surface area contributed by atoms with Crippen LogP contribution in [0.4, 0.5) is 10.1 Å². The molecule has 0 radical (unpaired) electrons. The Balaban J connectivity index is 3.11. The maximum absolute atomic E-state index is 13.9. The predicted octanol–water partition coefficient (Wildman–Crippen LogP) is 1.76. The Bertz CT molecular complexity index is 505. The van der Waals surface area contributed by atoms with Gasteiger partial charge in [0, 0.05) is 32.8 Å². The SMILES string of the molecule is COCCN(C)C(=O)c1cc([N+](=O)[O-])cc(C)c1F. The number of carbonyl (C=O) groups excluding carboxylic acids is 1. The second kappa shape index (κ2) is 6.24. The smallest absolute Gasteiger partial charge is 0.270 e. The lowest BCUT2D eigenvalue weighted by Crippen LogP contribution is -2.30. The van der Waals surface area contributed by atoms with Crippen LogP contribution in [0.15, 0.2) is 12.1 Å². The third kappa shape index (κ3) is 3.47. The van der Waals surface area contributed by atoms with E-state index >= 15 is 0 Å². The summed E-state index contributed by atoms with van der Waals surface area (Å²) in [6, 6.07) is 2.05. The quantitative estimate of drug-likeness (QED) is 0.603. The number of methoxy groups -OCH3 is 1. The molecule has 0 aliphatic rings. The zero-order valence-corrected chi connectivity index (χ0v) is 11.0. The number of aryl methyl sites for hydroxylation is 1. The molecule has 0 spiro atoms. The first-order chi connectivity index (χ1) is 8.88. The van der Waals surface area contributed by atoms with Crippen molar-refractivity contribution in [2.24, 2.45) is 0 Å². The van der Waals surface area contributed by atoms with E-state index in [1.165, 1.54) is 26.0 Å². The molecule has 0 aliphatic carbocycles. The maximum atomic E-state index is 13.9. The van der Waals surface area contributed by atoms with E-state index in [0.717, 1.165) is 12.1 Å². The van der Waals surface area contributed by atoms with Crippen molar-refractivity contribution < 1.29 is 18.8 Å². The summed E-state index contributed by atoms with van der Waals surface area (Å²) in [4.78, 5) is 23.3. The minimum Gasteiger partial charge on any atom is -0.383 e. The molecule has 1 amide bonds. The van der Waals surface area contributed by atoms with Crippen molar-refractivity contribution in [3.8, 4) is 0 Å². The maximum Gasteiger partial charge on any atom is 0.270 e. The van der Waals surface area contributed by atoms with Gasteiger partial charge in [0.15, 0.2) is 0 Å². The van der Waals surface area contributed by atoms with Crippen LogP contribution >= 0.6 is 0 Å². The fourth-order valence-electron chi connectivity index (χ4n) is 1.55. The molecule has 0 aliphatic heterocycles. The molecule has 6 nitrogen and oxygen atoms in total. The molecule has 19 heavy (non-hydrogen) atoms. The van der Waals surface area contributed by atoms with Crippen LogP contribution in [0.25, 0.3) is 0 Å². The standard InChI is InChI=1S/C12H15FN2O4/c1-8-6-9(15(17)18)7-10(11(8)13)12(16)14(2)4-5-19-3/h6-7H,4-5H2,1-3H3. The second-order valence-corrected chi connectivity index (χ2v) is 4.10. The molecular formula is C12H15FN2O4. The summed E-state index contributed by atoms with van der Waals surface area (Å²) in [5, 5.41) is 10.7. The number of ether oxygens (including phenoxy) is 1. The molecule has 1 aromatic rings. The second-order valence-electron chi connectivity index (χ2n) is 4.10. The first-order valence-electron chi connectivity index (χ1n) is 5.57. The summed E-state index contributed by atoms with van der Waals surface area (Å²) >= 11 is 0. The Morgan fingerprint density at radius 3 is 2.68 bits per heavy atom. The van der Waals surface area contributed by atoms with Gasteiger partial charge in [-0.2, -0.15) is 0 Å². The molecule has 0 aromatic heterocycles. The lowest BCUT2D eigenvalue weighted by molar-refractivity contribution is -0.385. The predicted molar refractivity (Wildman–Crippen MR) is 66.6 cm³/mol. The van der Waals surface area contributed by atoms with Crippen LogP contribution in [0, 0.1) is 22.9 Å². The van der Waals surface area contributed by atoms with Gasteiger partial charge >= 0.3 is 0 Å². The number of hydrogen-bond acceptors (Lipinski definition) is 4. The Kier molecular flexibility index (Phi) is 4.94. The number of non-ortho nitro benzene ring substituents is 1. The Labute approximate surface area is 109 Å². The zero-order valence-electron chi connectivity index (χ0n) is 11.0. The number of likely N-dealkylation sites (N-methyl/N-ethyl adjacent to an activating group) is 1. The fourth-order valence-corrected chi connectivity index (χ4v) is 1.55. The molecule has 0 saturated heterocycles. The third-order valence-corrected chi connectivity index (χ3v) is 2.66. The topological polar surface area (TPSA) is 72.7 Å². The van der Waals surface area contributed by atoms with E-state index in [-0.39, 0.29) is 23.4 Å². The summed E-state index contributed by atoms with van der Waals surface area (Å²) in [7, 11) is 2.96. The van der Waals surface area contributed by atoms with E-state index in [2.05, 4.69) is 0 Å². The average Bonchev–Trinajstić information content (AvgIpc) is 2.37. The summed E-state index contributed by atoms with van der Waals surface area (Å²) < 4.78 is 18.7. The van der Waals surface area contributed by atoms with Gasteiger partial charge in [-0.3, -0.25) is 14.9 Å². The third-order valence-electron chi connectivity index (χ3n) is 2.66. The van der Waals surface area contributed by atoms with E-state index in [0.29, 0.717) is 6.61 Å². The Morgan fingerprint density at radius 1 is 1.53 bits per heavy atom. The van der Waals surface area contributed by atoms with Gasteiger partial charge in [-0.25, -0.2) is 4.39 Å². The van der Waals surface area contributed by atoms with E-state index in [9.17, 15) is 19.3 Å². The van der Waals surface area contributed by atoms with Gasteiger partial charge < -0.3 is 9.64 Å². The Morgan fingerprint density at radius 2 is 2.16 bits per heavy atom. The van der Waals surface area contributed by atoms with Crippen LogP contribution in [-0.4, -0.2) is 43.0 Å². The van der Waals surface area contributed by atoms with Crippen molar-refractivity contribution in [3.63, 3.8) is 0 Å². The Hall–Kier alpha value is -2.02. The molecule has 1 rings (SSSR count). The van der Waals surface area contributed by atoms with Crippen LogP contribution in [0.2, 0.25) is 0 Å². The van der Waals surface area contributed by atoms with Crippen LogP contribution in [0.3, 0.4) is 0 Å². The van der Waals surface area contributed by atoms with E-state index in [1.54, 1.807) is 0 Å². The number of carbonyl (C=O) groups is 1. The number of amides is 1. The molecular weight excluding hydrogens is 255 g/mol. The highest BCUT2D eigenvalue weighted by Gasteiger charge is 2.21. The highest BCUT2D eigenvalue weighted by Crippen LogP contribution is 2.22. The van der Waals surface area contributed by atoms with E-state index < -0.39 is 16.6 Å². The zero-order chi connectivity index (χ0) is 14.6. The van der Waals surface area contributed by atoms with E-state index in [4.69, 9.17) is 4.74 Å². The number of halogens is 1. The first-order valence-corrected chi connectivity index (χ1v) is 5.57. The molecule has 0 bridgehead atoms. The van der Waals surface area contributed by atoms with Gasteiger partial charge in [0.2, 0.25) is 0 Å². The molecule has 7 heteroatoms. The highest BCUT2D eigenvalue weighted by molar-refractivity contribution is 5.95.